The number of carbonyl (C=O) groups is 1. The Balaban J connectivity index is 1.49. The summed E-state index contributed by atoms with van der Waals surface area (Å²) in [6.45, 7) is 2.56. The molecule has 0 atom stereocenters. The summed E-state index contributed by atoms with van der Waals surface area (Å²) < 4.78 is 6.88. The van der Waals surface area contributed by atoms with Gasteiger partial charge in [-0.25, -0.2) is 9.50 Å². The molecule has 1 aromatic carbocycles. The second-order valence-corrected chi connectivity index (χ2v) is 5.64. The van der Waals surface area contributed by atoms with Crippen molar-refractivity contribution in [3.05, 3.63) is 59.5 Å². The number of methoxy groups -OCH3 is 1. The van der Waals surface area contributed by atoms with Gasteiger partial charge >= 0.3 is 0 Å². The van der Waals surface area contributed by atoms with E-state index in [-0.39, 0.29) is 5.91 Å². The van der Waals surface area contributed by atoms with Crippen molar-refractivity contribution in [3.63, 3.8) is 0 Å². The molecule has 3 aromatic rings. The molecule has 1 amide bonds. The number of benzene rings is 1. The molecule has 0 aliphatic carbocycles. The molecule has 1 N–H and O–H groups in total. The van der Waals surface area contributed by atoms with Crippen LogP contribution >= 0.6 is 0 Å². The normalized spacial score (nSPS) is 10.8. The number of hydrogen-bond donors (Lipinski definition) is 1. The summed E-state index contributed by atoms with van der Waals surface area (Å²) in [7, 11) is 1.60. The smallest absolute Gasteiger partial charge is 0.251 e. The summed E-state index contributed by atoms with van der Waals surface area (Å²) in [5.74, 6) is 0.664. The van der Waals surface area contributed by atoms with E-state index in [0.717, 1.165) is 35.5 Å². The summed E-state index contributed by atoms with van der Waals surface area (Å²) in [6, 6.07) is 9.01. The highest BCUT2D eigenvalue weighted by Crippen LogP contribution is 2.11. The van der Waals surface area contributed by atoms with E-state index >= 15 is 0 Å². The first kappa shape index (κ1) is 16.0. The topological polar surface area (TPSA) is 68.5 Å². The number of aromatic nitrogens is 3. The average Bonchev–Trinajstić information content (AvgIpc) is 2.98. The molecule has 0 bridgehead atoms. The lowest BCUT2D eigenvalue weighted by Crippen LogP contribution is -2.24. The zero-order valence-electron chi connectivity index (χ0n) is 13.8. The fraction of sp³-hybridized carbons (Fsp3) is 0.278. The summed E-state index contributed by atoms with van der Waals surface area (Å²) in [5, 5.41) is 7.28. The number of ether oxygens (including phenoxy) is 1. The van der Waals surface area contributed by atoms with Crippen molar-refractivity contribution in [2.24, 2.45) is 0 Å². The first-order chi connectivity index (χ1) is 11.7. The molecule has 124 valence electrons. The van der Waals surface area contributed by atoms with E-state index in [1.165, 1.54) is 0 Å². The molecular weight excluding hydrogens is 304 g/mol. The van der Waals surface area contributed by atoms with Gasteiger partial charge in [-0.05, 0) is 49.6 Å². The van der Waals surface area contributed by atoms with Crippen molar-refractivity contribution in [2.45, 2.75) is 19.8 Å². The number of hydrogen-bond acceptors (Lipinski definition) is 4. The van der Waals surface area contributed by atoms with Gasteiger partial charge in [0.1, 0.15) is 5.75 Å². The molecule has 0 unspecified atom stereocenters. The van der Waals surface area contributed by atoms with Crippen molar-refractivity contribution >= 4 is 11.6 Å². The molecule has 0 fully saturated rings. The van der Waals surface area contributed by atoms with Crippen LogP contribution in [0.3, 0.4) is 0 Å². The van der Waals surface area contributed by atoms with Gasteiger partial charge in [-0.2, -0.15) is 5.10 Å². The van der Waals surface area contributed by atoms with Gasteiger partial charge in [0, 0.05) is 30.6 Å². The van der Waals surface area contributed by atoms with Crippen LogP contribution in [0.2, 0.25) is 0 Å². The molecule has 2 heterocycles. The zero-order valence-corrected chi connectivity index (χ0v) is 13.8. The highest BCUT2D eigenvalue weighted by atomic mass is 16.5. The third-order valence-electron chi connectivity index (χ3n) is 3.77. The van der Waals surface area contributed by atoms with Gasteiger partial charge in [0.15, 0.2) is 5.65 Å². The van der Waals surface area contributed by atoms with E-state index in [0.29, 0.717) is 12.1 Å². The van der Waals surface area contributed by atoms with Gasteiger partial charge in [0.25, 0.3) is 5.91 Å². The molecule has 6 heteroatoms. The Hall–Kier alpha value is -2.89. The summed E-state index contributed by atoms with van der Waals surface area (Å²) in [4.78, 5) is 16.4. The number of nitrogens with one attached hydrogen (secondary N) is 1. The van der Waals surface area contributed by atoms with Crippen LogP contribution < -0.4 is 10.1 Å². The first-order valence-electron chi connectivity index (χ1n) is 7.89. The Bertz CT molecular complexity index is 840. The van der Waals surface area contributed by atoms with Crippen LogP contribution in [0, 0.1) is 6.92 Å². The number of rotatable bonds is 6. The number of amides is 1. The molecule has 0 spiro atoms. The lowest BCUT2D eigenvalue weighted by molar-refractivity contribution is 0.0953. The average molecular weight is 324 g/mol. The van der Waals surface area contributed by atoms with Gasteiger partial charge in [0.05, 0.1) is 12.8 Å². The minimum atomic E-state index is -0.0751. The maximum atomic E-state index is 12.1. The maximum absolute atomic E-state index is 12.1. The van der Waals surface area contributed by atoms with Gasteiger partial charge in [-0.15, -0.1) is 0 Å². The monoisotopic (exact) mass is 324 g/mol. The number of nitrogens with zero attached hydrogens (tertiary/aromatic N) is 3. The van der Waals surface area contributed by atoms with Crippen LogP contribution in [-0.4, -0.2) is 34.2 Å². The summed E-state index contributed by atoms with van der Waals surface area (Å²) >= 11 is 0. The highest BCUT2D eigenvalue weighted by Gasteiger charge is 2.05. The van der Waals surface area contributed by atoms with Crippen molar-refractivity contribution in [1.82, 2.24) is 19.9 Å². The maximum Gasteiger partial charge on any atom is 0.251 e. The molecule has 0 saturated heterocycles. The van der Waals surface area contributed by atoms with E-state index < -0.39 is 0 Å². The van der Waals surface area contributed by atoms with Crippen LogP contribution in [0.4, 0.5) is 0 Å². The zero-order chi connectivity index (χ0) is 16.9. The van der Waals surface area contributed by atoms with Gasteiger partial charge in [-0.3, -0.25) is 4.79 Å². The molecule has 24 heavy (non-hydrogen) atoms. The molecular formula is C18H20N4O2. The second-order valence-electron chi connectivity index (χ2n) is 5.64. The first-order valence-corrected chi connectivity index (χ1v) is 7.89. The van der Waals surface area contributed by atoms with Gasteiger partial charge in [0.2, 0.25) is 0 Å². The highest BCUT2D eigenvalue weighted by molar-refractivity contribution is 5.94. The summed E-state index contributed by atoms with van der Waals surface area (Å²) in [6.07, 6.45) is 5.53. The van der Waals surface area contributed by atoms with Crippen molar-refractivity contribution < 1.29 is 9.53 Å². The third-order valence-corrected chi connectivity index (χ3v) is 3.77. The molecule has 0 saturated carbocycles. The molecule has 0 aliphatic rings. The molecule has 6 nitrogen and oxygen atoms in total. The lowest BCUT2D eigenvalue weighted by Gasteiger charge is -2.06. The van der Waals surface area contributed by atoms with Gasteiger partial charge < -0.3 is 10.1 Å². The third kappa shape index (κ3) is 3.71. The lowest BCUT2D eigenvalue weighted by atomic mass is 10.2. The van der Waals surface area contributed by atoms with E-state index in [4.69, 9.17) is 4.74 Å². The number of carbonyl (C=O) groups excluding carboxylic acids is 1. The van der Waals surface area contributed by atoms with E-state index in [2.05, 4.69) is 15.4 Å². The van der Waals surface area contributed by atoms with Crippen LogP contribution in [0.25, 0.3) is 5.65 Å². The van der Waals surface area contributed by atoms with Crippen LogP contribution in [0.5, 0.6) is 5.75 Å². The molecule has 0 aliphatic heterocycles. The largest absolute Gasteiger partial charge is 0.497 e. The Morgan fingerprint density at radius 3 is 2.83 bits per heavy atom. The van der Waals surface area contributed by atoms with E-state index in [1.807, 2.05) is 25.4 Å². The predicted octanol–water partition coefficient (Wildman–Crippen LogP) is 2.41. The van der Waals surface area contributed by atoms with Gasteiger partial charge in [-0.1, -0.05) is 0 Å². The van der Waals surface area contributed by atoms with Crippen molar-refractivity contribution in [1.29, 1.82) is 0 Å². The SMILES string of the molecule is COc1ccc(C(=O)NCCCc2cnc3cc(C)nn3c2)cc1. The minimum Gasteiger partial charge on any atom is -0.497 e. The second kappa shape index (κ2) is 7.12. The minimum absolute atomic E-state index is 0.0751. The number of fused-ring (bicyclic) bond motifs is 1. The van der Waals surface area contributed by atoms with Crippen LogP contribution in [0.1, 0.15) is 28.0 Å². The van der Waals surface area contributed by atoms with Crippen LogP contribution in [0.15, 0.2) is 42.7 Å². The summed E-state index contributed by atoms with van der Waals surface area (Å²) in [5.41, 5.74) is 3.53. The predicted molar refractivity (Wildman–Crippen MR) is 91.4 cm³/mol. The number of aryl methyl sites for hydroxylation is 2. The van der Waals surface area contributed by atoms with Crippen LogP contribution in [-0.2, 0) is 6.42 Å². The standard InChI is InChI=1S/C18H20N4O2/c1-13-10-17-20-11-14(12-22(17)21-13)4-3-9-19-18(23)15-5-7-16(24-2)8-6-15/h5-8,10-12H,3-4,9H2,1-2H3,(H,19,23). The molecule has 0 radical (unpaired) electrons. The Labute approximate surface area is 140 Å². The fourth-order valence-corrected chi connectivity index (χ4v) is 2.50. The van der Waals surface area contributed by atoms with E-state index in [1.54, 1.807) is 35.9 Å². The van der Waals surface area contributed by atoms with E-state index in [9.17, 15) is 4.79 Å². The Kier molecular flexibility index (Phi) is 4.74. The molecule has 2 aromatic heterocycles. The quantitative estimate of drug-likeness (QED) is 0.707. The Morgan fingerprint density at radius 1 is 1.29 bits per heavy atom. The Morgan fingerprint density at radius 2 is 2.08 bits per heavy atom. The van der Waals surface area contributed by atoms with Crippen molar-refractivity contribution in [2.75, 3.05) is 13.7 Å². The fourth-order valence-electron chi connectivity index (χ4n) is 2.50. The molecule has 3 rings (SSSR count). The van der Waals surface area contributed by atoms with Crippen molar-refractivity contribution in [3.8, 4) is 5.75 Å².